The minimum absolute atomic E-state index is 0.0450. The average Bonchev–Trinajstić information content (AvgIpc) is 2.56. The van der Waals surface area contributed by atoms with Gasteiger partial charge in [0.15, 0.2) is 0 Å². The van der Waals surface area contributed by atoms with Gasteiger partial charge in [-0.25, -0.2) is 18.4 Å². The van der Waals surface area contributed by atoms with Crippen molar-refractivity contribution in [3.8, 4) is 0 Å². The lowest BCUT2D eigenvalue weighted by molar-refractivity contribution is 0.0731. The second kappa shape index (κ2) is 7.37. The van der Waals surface area contributed by atoms with E-state index in [2.05, 4.69) is 15.3 Å². The van der Waals surface area contributed by atoms with Gasteiger partial charge in [-0.2, -0.15) is 4.31 Å². The molecular weight excluding hydrogens is 375 g/mol. The third-order valence-electron chi connectivity index (χ3n) is 3.65. The molecule has 10 heteroatoms. The van der Waals surface area contributed by atoms with Crippen LogP contribution in [0.4, 0.5) is 5.82 Å². The summed E-state index contributed by atoms with van der Waals surface area (Å²) in [6.07, 6.45) is 0. The van der Waals surface area contributed by atoms with E-state index in [1.54, 1.807) is 18.2 Å². The molecule has 0 aliphatic carbocycles. The number of anilines is 1. The Morgan fingerprint density at radius 2 is 1.96 bits per heavy atom. The highest BCUT2D eigenvalue weighted by Crippen LogP contribution is 2.25. The highest BCUT2D eigenvalue weighted by Gasteiger charge is 2.23. The molecule has 0 atom stereocenters. The zero-order valence-electron chi connectivity index (χ0n) is 12.7. The van der Waals surface area contributed by atoms with Crippen LogP contribution in [0.2, 0.25) is 10.3 Å². The Labute approximate surface area is 150 Å². The van der Waals surface area contributed by atoms with E-state index in [0.29, 0.717) is 48.0 Å². The molecule has 0 unspecified atom stereocenters. The normalized spacial score (nSPS) is 16.4. The number of hydrogen-bond acceptors (Lipinski definition) is 6. The Kier molecular flexibility index (Phi) is 5.41. The molecule has 1 aromatic heterocycles. The van der Waals surface area contributed by atoms with Crippen molar-refractivity contribution >= 4 is 49.9 Å². The Bertz CT molecular complexity index is 841. The summed E-state index contributed by atoms with van der Waals surface area (Å²) in [6, 6.07) is 5.16. The molecule has 1 aromatic carbocycles. The van der Waals surface area contributed by atoms with Crippen LogP contribution in [0.3, 0.4) is 0 Å². The van der Waals surface area contributed by atoms with Crippen molar-refractivity contribution in [2.24, 2.45) is 0 Å². The quantitative estimate of drug-likeness (QED) is 0.785. The molecule has 24 heavy (non-hydrogen) atoms. The first-order valence-corrected chi connectivity index (χ1v) is 9.74. The second-order valence-electron chi connectivity index (χ2n) is 5.26. The third kappa shape index (κ3) is 4.07. The Morgan fingerprint density at radius 3 is 2.71 bits per heavy atom. The summed E-state index contributed by atoms with van der Waals surface area (Å²) < 4.78 is 31.2. The lowest BCUT2D eigenvalue weighted by atomic mass is 10.2. The zero-order valence-corrected chi connectivity index (χ0v) is 15.0. The Hall–Kier alpha value is -1.19. The summed E-state index contributed by atoms with van der Waals surface area (Å²) in [4.78, 5) is 8.25. The summed E-state index contributed by atoms with van der Waals surface area (Å²) in [7, 11) is -3.34. The standard InChI is InChI=1S/C14H16Cl2N4O3S/c15-10-1-2-12-11(9-10)13(19-14(16)18-12)17-3-8-24(21,22)20-4-6-23-7-5-20/h1-2,9H,3-8H2,(H,17,18,19). The molecule has 1 fully saturated rings. The minimum atomic E-state index is -3.34. The van der Waals surface area contributed by atoms with Crippen LogP contribution in [0.1, 0.15) is 0 Å². The number of morpholine rings is 1. The van der Waals surface area contributed by atoms with Crippen molar-refractivity contribution in [3.63, 3.8) is 0 Å². The number of nitrogens with one attached hydrogen (secondary N) is 1. The number of rotatable bonds is 5. The lowest BCUT2D eigenvalue weighted by Gasteiger charge is -2.26. The molecule has 1 N–H and O–H groups in total. The van der Waals surface area contributed by atoms with E-state index in [4.69, 9.17) is 27.9 Å². The smallest absolute Gasteiger partial charge is 0.224 e. The van der Waals surface area contributed by atoms with Gasteiger partial charge in [-0.05, 0) is 29.8 Å². The highest BCUT2D eigenvalue weighted by molar-refractivity contribution is 7.89. The predicted octanol–water partition coefficient (Wildman–Crippen LogP) is 2.01. The number of sulfonamides is 1. The van der Waals surface area contributed by atoms with Crippen LogP contribution in [0.5, 0.6) is 0 Å². The summed E-state index contributed by atoms with van der Waals surface area (Å²) in [5, 5.41) is 4.34. The van der Waals surface area contributed by atoms with Crippen molar-refractivity contribution in [1.82, 2.24) is 14.3 Å². The van der Waals surface area contributed by atoms with Gasteiger partial charge in [0.05, 0.1) is 24.5 Å². The predicted molar refractivity (Wildman–Crippen MR) is 94.2 cm³/mol. The van der Waals surface area contributed by atoms with Gasteiger partial charge in [0.2, 0.25) is 15.3 Å². The fourth-order valence-electron chi connectivity index (χ4n) is 2.46. The maximum Gasteiger partial charge on any atom is 0.224 e. The monoisotopic (exact) mass is 390 g/mol. The van der Waals surface area contributed by atoms with Crippen LogP contribution >= 0.6 is 23.2 Å². The molecule has 3 rings (SSSR count). The largest absolute Gasteiger partial charge is 0.379 e. The number of fused-ring (bicyclic) bond motifs is 1. The van der Waals surface area contributed by atoms with E-state index in [-0.39, 0.29) is 17.6 Å². The SMILES string of the molecule is O=S(=O)(CCNc1nc(Cl)nc2ccc(Cl)cc12)N1CCOCC1. The van der Waals surface area contributed by atoms with E-state index < -0.39 is 10.0 Å². The van der Waals surface area contributed by atoms with Crippen LogP contribution in [-0.2, 0) is 14.8 Å². The Balaban J connectivity index is 1.72. The number of nitrogens with zero attached hydrogens (tertiary/aromatic N) is 3. The number of halogens is 2. The number of benzene rings is 1. The molecule has 1 aliphatic heterocycles. The average molecular weight is 391 g/mol. The fraction of sp³-hybridized carbons (Fsp3) is 0.429. The highest BCUT2D eigenvalue weighted by atomic mass is 35.5. The van der Waals surface area contributed by atoms with Crippen molar-refractivity contribution < 1.29 is 13.2 Å². The summed E-state index contributed by atoms with van der Waals surface area (Å²) in [5.74, 6) is 0.418. The van der Waals surface area contributed by atoms with E-state index in [9.17, 15) is 8.42 Å². The molecule has 1 aliphatic rings. The molecule has 0 amide bonds. The van der Waals surface area contributed by atoms with E-state index in [1.165, 1.54) is 4.31 Å². The maximum atomic E-state index is 12.3. The summed E-state index contributed by atoms with van der Waals surface area (Å²) in [5.41, 5.74) is 0.637. The van der Waals surface area contributed by atoms with Crippen molar-refractivity contribution in [2.45, 2.75) is 0 Å². The number of aromatic nitrogens is 2. The van der Waals surface area contributed by atoms with Gasteiger partial charge in [-0.1, -0.05) is 11.6 Å². The maximum absolute atomic E-state index is 12.3. The lowest BCUT2D eigenvalue weighted by Crippen LogP contribution is -2.42. The van der Waals surface area contributed by atoms with Gasteiger partial charge in [-0.3, -0.25) is 0 Å². The molecule has 2 heterocycles. The van der Waals surface area contributed by atoms with Crippen LogP contribution in [0.15, 0.2) is 18.2 Å². The molecule has 0 saturated carbocycles. The molecule has 130 valence electrons. The van der Waals surface area contributed by atoms with Gasteiger partial charge in [0.1, 0.15) is 5.82 Å². The first-order valence-electron chi connectivity index (χ1n) is 7.38. The molecule has 7 nitrogen and oxygen atoms in total. The first-order chi connectivity index (χ1) is 11.5. The summed E-state index contributed by atoms with van der Waals surface area (Å²) >= 11 is 11.9. The van der Waals surface area contributed by atoms with Gasteiger partial charge < -0.3 is 10.1 Å². The van der Waals surface area contributed by atoms with Gasteiger partial charge in [-0.15, -0.1) is 0 Å². The molecule has 0 radical (unpaired) electrons. The van der Waals surface area contributed by atoms with E-state index in [0.717, 1.165) is 0 Å². The van der Waals surface area contributed by atoms with Crippen LogP contribution in [0.25, 0.3) is 10.9 Å². The van der Waals surface area contributed by atoms with Gasteiger partial charge in [0.25, 0.3) is 0 Å². The Morgan fingerprint density at radius 1 is 1.21 bits per heavy atom. The van der Waals surface area contributed by atoms with Crippen LogP contribution in [0, 0.1) is 0 Å². The number of ether oxygens (including phenoxy) is 1. The van der Waals surface area contributed by atoms with Crippen LogP contribution < -0.4 is 5.32 Å². The second-order valence-corrected chi connectivity index (χ2v) is 8.12. The van der Waals surface area contributed by atoms with Crippen molar-refractivity contribution in [3.05, 3.63) is 28.5 Å². The summed E-state index contributed by atoms with van der Waals surface area (Å²) in [6.45, 7) is 1.84. The molecular formula is C14H16Cl2N4O3S. The fourth-order valence-corrected chi connectivity index (χ4v) is 4.13. The van der Waals surface area contributed by atoms with Gasteiger partial charge >= 0.3 is 0 Å². The van der Waals surface area contributed by atoms with E-state index in [1.807, 2.05) is 0 Å². The molecule has 2 aromatic rings. The van der Waals surface area contributed by atoms with E-state index >= 15 is 0 Å². The molecule has 0 spiro atoms. The third-order valence-corrected chi connectivity index (χ3v) is 5.92. The molecule has 0 bridgehead atoms. The topological polar surface area (TPSA) is 84.4 Å². The van der Waals surface area contributed by atoms with Crippen molar-refractivity contribution in [2.75, 3.05) is 43.9 Å². The number of hydrogen-bond donors (Lipinski definition) is 1. The minimum Gasteiger partial charge on any atom is -0.379 e. The van der Waals surface area contributed by atoms with Crippen molar-refractivity contribution in [1.29, 1.82) is 0 Å². The first kappa shape index (κ1) is 17.6. The zero-order chi connectivity index (χ0) is 17.2. The van der Waals surface area contributed by atoms with Crippen LogP contribution in [-0.4, -0.2) is 61.3 Å². The van der Waals surface area contributed by atoms with Gasteiger partial charge in [0, 0.05) is 30.0 Å². The molecule has 1 saturated heterocycles.